The van der Waals surface area contributed by atoms with Gasteiger partial charge in [0.15, 0.2) is 0 Å². The number of hydrogen-bond acceptors (Lipinski definition) is 2. The Morgan fingerprint density at radius 1 is 0.880 bits per heavy atom. The van der Waals surface area contributed by atoms with Gasteiger partial charge in [-0.3, -0.25) is 4.79 Å². The summed E-state index contributed by atoms with van der Waals surface area (Å²) in [5.41, 5.74) is 2.63. The number of carbonyl (C=O) groups excluding carboxylic acids is 1. The number of fused-ring (bicyclic) bond motifs is 1. The van der Waals surface area contributed by atoms with Gasteiger partial charge < -0.3 is 14.8 Å². The number of amides is 1. The molecule has 1 saturated heterocycles. The third-order valence-electron chi connectivity index (χ3n) is 4.57. The van der Waals surface area contributed by atoms with Crippen molar-refractivity contribution in [2.24, 2.45) is 0 Å². The van der Waals surface area contributed by atoms with Gasteiger partial charge in [-0.25, -0.2) is 0 Å². The first-order valence-corrected chi connectivity index (χ1v) is 8.94. The number of aromatic nitrogens is 1. The van der Waals surface area contributed by atoms with Crippen molar-refractivity contribution in [1.82, 2.24) is 9.88 Å². The molecule has 2 aromatic carbocycles. The average molecular weight is 374 g/mol. The van der Waals surface area contributed by atoms with Gasteiger partial charge in [0.05, 0.1) is 0 Å². The van der Waals surface area contributed by atoms with Gasteiger partial charge in [-0.2, -0.15) is 0 Å². The standard InChI is InChI=1S/C19H17Cl2N3O/c20-14-3-5-16(6-4-14)23-7-9-24(10-8-23)19(25)18-11-13-1-2-15(21)12-17(13)22-18/h1-6,11-12,22H,7-10H2. The first kappa shape index (κ1) is 16.3. The summed E-state index contributed by atoms with van der Waals surface area (Å²) in [6.45, 7) is 2.99. The highest BCUT2D eigenvalue weighted by molar-refractivity contribution is 6.31. The zero-order valence-corrected chi connectivity index (χ0v) is 15.0. The summed E-state index contributed by atoms with van der Waals surface area (Å²) in [4.78, 5) is 20.1. The number of rotatable bonds is 2. The van der Waals surface area contributed by atoms with Gasteiger partial charge in [0.25, 0.3) is 5.91 Å². The lowest BCUT2D eigenvalue weighted by molar-refractivity contribution is 0.0742. The van der Waals surface area contributed by atoms with Crippen molar-refractivity contribution in [3.05, 3.63) is 64.3 Å². The molecule has 4 rings (SSSR count). The topological polar surface area (TPSA) is 39.3 Å². The van der Waals surface area contributed by atoms with Crippen molar-refractivity contribution >= 4 is 45.7 Å². The molecule has 0 unspecified atom stereocenters. The number of benzene rings is 2. The van der Waals surface area contributed by atoms with Crippen LogP contribution in [0.3, 0.4) is 0 Å². The van der Waals surface area contributed by atoms with Crippen molar-refractivity contribution in [2.75, 3.05) is 31.1 Å². The van der Waals surface area contributed by atoms with Crippen LogP contribution in [-0.4, -0.2) is 42.0 Å². The normalized spacial score (nSPS) is 15.0. The molecular weight excluding hydrogens is 357 g/mol. The molecule has 0 spiro atoms. The number of halogens is 2. The van der Waals surface area contributed by atoms with Crippen LogP contribution < -0.4 is 4.90 Å². The molecule has 0 radical (unpaired) electrons. The van der Waals surface area contributed by atoms with E-state index in [4.69, 9.17) is 23.2 Å². The fourth-order valence-corrected chi connectivity index (χ4v) is 3.50. The predicted molar refractivity (Wildman–Crippen MR) is 103 cm³/mol. The van der Waals surface area contributed by atoms with Gasteiger partial charge in [-0.15, -0.1) is 0 Å². The third kappa shape index (κ3) is 3.32. The van der Waals surface area contributed by atoms with E-state index in [0.717, 1.165) is 34.7 Å². The molecule has 1 aliphatic rings. The van der Waals surface area contributed by atoms with Crippen LogP contribution in [0.2, 0.25) is 10.0 Å². The summed E-state index contributed by atoms with van der Waals surface area (Å²) in [5.74, 6) is 0.0306. The summed E-state index contributed by atoms with van der Waals surface area (Å²) in [7, 11) is 0. The fraction of sp³-hybridized carbons (Fsp3) is 0.211. The summed E-state index contributed by atoms with van der Waals surface area (Å²) in [5, 5.41) is 2.38. The molecule has 0 saturated carbocycles. The number of nitrogens with one attached hydrogen (secondary N) is 1. The Morgan fingerprint density at radius 2 is 1.56 bits per heavy atom. The summed E-state index contributed by atoms with van der Waals surface area (Å²) in [6.07, 6.45) is 0. The van der Waals surface area contributed by atoms with Gasteiger partial charge in [0, 0.05) is 52.8 Å². The molecule has 1 amide bonds. The average Bonchev–Trinajstić information content (AvgIpc) is 3.05. The van der Waals surface area contributed by atoms with Gasteiger partial charge >= 0.3 is 0 Å². The minimum Gasteiger partial charge on any atom is -0.368 e. The van der Waals surface area contributed by atoms with Gasteiger partial charge in [-0.1, -0.05) is 29.3 Å². The van der Waals surface area contributed by atoms with Crippen LogP contribution in [0.5, 0.6) is 0 Å². The van der Waals surface area contributed by atoms with Gasteiger partial charge in [0.2, 0.25) is 0 Å². The van der Waals surface area contributed by atoms with Crippen molar-refractivity contribution < 1.29 is 4.79 Å². The zero-order chi connectivity index (χ0) is 17.4. The Kier molecular flexibility index (Phi) is 4.32. The molecule has 1 aromatic heterocycles. The van der Waals surface area contributed by atoms with E-state index in [2.05, 4.69) is 9.88 Å². The smallest absolute Gasteiger partial charge is 0.270 e. The number of nitrogens with zero attached hydrogens (tertiary/aromatic N) is 2. The second kappa shape index (κ2) is 6.62. The predicted octanol–water partition coefficient (Wildman–Crippen LogP) is 4.44. The monoisotopic (exact) mass is 373 g/mol. The van der Waals surface area contributed by atoms with E-state index in [0.29, 0.717) is 23.8 Å². The van der Waals surface area contributed by atoms with E-state index in [9.17, 15) is 4.79 Å². The Balaban J connectivity index is 1.46. The van der Waals surface area contributed by atoms with E-state index in [1.165, 1.54) is 0 Å². The molecule has 0 bridgehead atoms. The van der Waals surface area contributed by atoms with Gasteiger partial charge in [-0.05, 0) is 42.5 Å². The van der Waals surface area contributed by atoms with Crippen molar-refractivity contribution in [3.8, 4) is 0 Å². The van der Waals surface area contributed by atoms with Crippen LogP contribution in [0.4, 0.5) is 5.69 Å². The number of anilines is 1. The lowest BCUT2D eigenvalue weighted by Gasteiger charge is -2.36. The van der Waals surface area contributed by atoms with Gasteiger partial charge in [0.1, 0.15) is 5.69 Å². The number of piperazine rings is 1. The Labute approximate surface area is 155 Å². The minimum absolute atomic E-state index is 0.0306. The van der Waals surface area contributed by atoms with E-state index in [1.807, 2.05) is 53.4 Å². The molecule has 4 nitrogen and oxygen atoms in total. The van der Waals surface area contributed by atoms with Crippen molar-refractivity contribution in [1.29, 1.82) is 0 Å². The van der Waals surface area contributed by atoms with Crippen molar-refractivity contribution in [3.63, 3.8) is 0 Å². The third-order valence-corrected chi connectivity index (χ3v) is 5.06. The molecule has 1 N–H and O–H groups in total. The van der Waals surface area contributed by atoms with Crippen LogP contribution in [0.1, 0.15) is 10.5 Å². The van der Waals surface area contributed by atoms with E-state index in [-0.39, 0.29) is 5.91 Å². The molecular formula is C19H17Cl2N3O. The molecule has 128 valence electrons. The molecule has 25 heavy (non-hydrogen) atoms. The number of hydrogen-bond donors (Lipinski definition) is 1. The lowest BCUT2D eigenvalue weighted by atomic mass is 10.2. The molecule has 0 aliphatic carbocycles. The van der Waals surface area contributed by atoms with Crippen LogP contribution in [0, 0.1) is 0 Å². The van der Waals surface area contributed by atoms with Crippen LogP contribution >= 0.6 is 23.2 Å². The maximum absolute atomic E-state index is 12.8. The number of carbonyl (C=O) groups is 1. The first-order chi connectivity index (χ1) is 12.1. The van der Waals surface area contributed by atoms with Crippen LogP contribution in [0.25, 0.3) is 10.9 Å². The fourth-order valence-electron chi connectivity index (χ4n) is 3.20. The maximum Gasteiger partial charge on any atom is 0.270 e. The zero-order valence-electron chi connectivity index (χ0n) is 13.5. The Hall–Kier alpha value is -2.17. The molecule has 6 heteroatoms. The van der Waals surface area contributed by atoms with E-state index >= 15 is 0 Å². The SMILES string of the molecule is O=C(c1cc2ccc(Cl)cc2[nH]1)N1CCN(c2ccc(Cl)cc2)CC1. The summed E-state index contributed by atoms with van der Waals surface area (Å²) < 4.78 is 0. The first-order valence-electron chi connectivity index (χ1n) is 8.18. The number of aromatic amines is 1. The van der Waals surface area contributed by atoms with Crippen LogP contribution in [0.15, 0.2) is 48.5 Å². The minimum atomic E-state index is 0.0306. The molecule has 1 aliphatic heterocycles. The second-order valence-electron chi connectivity index (χ2n) is 6.17. The Bertz CT molecular complexity index is 912. The van der Waals surface area contributed by atoms with Crippen molar-refractivity contribution in [2.45, 2.75) is 0 Å². The quantitative estimate of drug-likeness (QED) is 0.721. The lowest BCUT2D eigenvalue weighted by Crippen LogP contribution is -2.48. The van der Waals surface area contributed by atoms with E-state index < -0.39 is 0 Å². The largest absolute Gasteiger partial charge is 0.368 e. The second-order valence-corrected chi connectivity index (χ2v) is 7.04. The highest BCUT2D eigenvalue weighted by atomic mass is 35.5. The highest BCUT2D eigenvalue weighted by Crippen LogP contribution is 2.22. The Morgan fingerprint density at radius 3 is 2.28 bits per heavy atom. The number of H-pyrrole nitrogens is 1. The molecule has 2 heterocycles. The molecule has 1 fully saturated rings. The molecule has 3 aromatic rings. The maximum atomic E-state index is 12.8. The van der Waals surface area contributed by atoms with Crippen LogP contribution in [-0.2, 0) is 0 Å². The molecule has 0 atom stereocenters. The summed E-state index contributed by atoms with van der Waals surface area (Å²) >= 11 is 12.0. The highest BCUT2D eigenvalue weighted by Gasteiger charge is 2.23. The van der Waals surface area contributed by atoms with E-state index in [1.54, 1.807) is 0 Å². The summed E-state index contributed by atoms with van der Waals surface area (Å²) in [6, 6.07) is 15.3.